The number of amides is 2. The molecule has 0 aliphatic carbocycles. The number of carbonyl (C=O) groups excluding carboxylic acids is 2. The molecule has 0 fully saturated rings. The first kappa shape index (κ1) is 25.9. The Balaban J connectivity index is 1.19. The molecule has 39 heavy (non-hydrogen) atoms. The lowest BCUT2D eigenvalue weighted by Crippen LogP contribution is -2.32. The Bertz CT molecular complexity index is 1740. The molecule has 5 rings (SSSR count). The maximum absolute atomic E-state index is 13.0. The topological polar surface area (TPSA) is 126 Å². The molecule has 0 atom stereocenters. The van der Waals surface area contributed by atoms with Gasteiger partial charge in [0.1, 0.15) is 5.75 Å². The average molecular weight is 559 g/mol. The van der Waals surface area contributed by atoms with Gasteiger partial charge < -0.3 is 15.4 Å². The van der Waals surface area contributed by atoms with Crippen molar-refractivity contribution in [3.63, 3.8) is 0 Å². The lowest BCUT2D eigenvalue weighted by Gasteiger charge is -2.13. The number of benzene rings is 4. The first-order chi connectivity index (χ1) is 18.9. The quantitative estimate of drug-likeness (QED) is 0.227. The van der Waals surface area contributed by atoms with E-state index in [2.05, 4.69) is 20.3 Å². The van der Waals surface area contributed by atoms with Crippen LogP contribution in [-0.2, 0) is 14.8 Å². The number of fused-ring (bicyclic) bond motifs is 1. The summed E-state index contributed by atoms with van der Waals surface area (Å²) in [7, 11) is -3.97. The van der Waals surface area contributed by atoms with Crippen LogP contribution in [0.15, 0.2) is 107 Å². The number of rotatable bonds is 9. The van der Waals surface area contributed by atoms with E-state index in [1.54, 1.807) is 54.0 Å². The molecular weight excluding hydrogens is 536 g/mol. The maximum Gasteiger partial charge on any atom is 0.262 e. The molecule has 0 aliphatic heterocycles. The van der Waals surface area contributed by atoms with Crippen LogP contribution in [0.5, 0.6) is 11.5 Å². The third kappa shape index (κ3) is 6.40. The molecular formula is C28H22N4O5S2. The predicted octanol–water partition coefficient (Wildman–Crippen LogP) is 5.26. The highest BCUT2D eigenvalue weighted by Gasteiger charge is 2.18. The Morgan fingerprint density at radius 3 is 2.41 bits per heavy atom. The van der Waals surface area contributed by atoms with Crippen molar-refractivity contribution in [2.75, 3.05) is 16.6 Å². The Morgan fingerprint density at radius 1 is 0.872 bits per heavy atom. The van der Waals surface area contributed by atoms with Gasteiger partial charge in [-0.05, 0) is 66.7 Å². The lowest BCUT2D eigenvalue weighted by atomic mass is 10.2. The Morgan fingerprint density at radius 2 is 1.62 bits per heavy atom. The number of nitrogens with one attached hydrogen (secondary N) is 3. The van der Waals surface area contributed by atoms with E-state index in [9.17, 15) is 18.0 Å². The van der Waals surface area contributed by atoms with E-state index in [-0.39, 0.29) is 22.7 Å². The van der Waals surface area contributed by atoms with Crippen LogP contribution in [0.2, 0.25) is 0 Å². The molecule has 11 heteroatoms. The van der Waals surface area contributed by atoms with Gasteiger partial charge in [0, 0.05) is 11.3 Å². The van der Waals surface area contributed by atoms with Crippen LogP contribution < -0.4 is 20.1 Å². The molecule has 9 nitrogen and oxygen atoms in total. The molecule has 0 saturated carbocycles. The summed E-state index contributed by atoms with van der Waals surface area (Å²) in [6, 6.07) is 26.5. The van der Waals surface area contributed by atoms with Crippen LogP contribution >= 0.6 is 11.3 Å². The number of ether oxygens (including phenoxy) is 1. The summed E-state index contributed by atoms with van der Waals surface area (Å²) < 4.78 is 35.3. The van der Waals surface area contributed by atoms with E-state index in [4.69, 9.17) is 4.74 Å². The molecule has 2 amide bonds. The highest BCUT2D eigenvalue weighted by molar-refractivity contribution is 7.92. The lowest BCUT2D eigenvalue weighted by molar-refractivity contribution is -0.115. The largest absolute Gasteiger partial charge is 0.455 e. The van der Waals surface area contributed by atoms with E-state index < -0.39 is 21.8 Å². The van der Waals surface area contributed by atoms with Gasteiger partial charge in [0.05, 0.1) is 32.9 Å². The van der Waals surface area contributed by atoms with Crippen LogP contribution in [0.3, 0.4) is 0 Å². The zero-order valence-electron chi connectivity index (χ0n) is 20.3. The van der Waals surface area contributed by atoms with E-state index in [0.717, 1.165) is 10.2 Å². The molecule has 0 saturated heterocycles. The molecule has 1 aromatic heterocycles. The first-order valence-corrected chi connectivity index (χ1v) is 14.1. The van der Waals surface area contributed by atoms with Gasteiger partial charge in [-0.3, -0.25) is 14.3 Å². The highest BCUT2D eigenvalue weighted by atomic mass is 32.2. The second kappa shape index (κ2) is 11.3. The number of nitrogens with zero attached hydrogens (tertiary/aromatic N) is 1. The summed E-state index contributed by atoms with van der Waals surface area (Å²) in [5, 5.41) is 5.27. The summed E-state index contributed by atoms with van der Waals surface area (Å²) in [5.41, 5.74) is 3.65. The molecule has 196 valence electrons. The maximum atomic E-state index is 13.0. The van der Waals surface area contributed by atoms with Gasteiger partial charge in [0.2, 0.25) is 5.91 Å². The minimum Gasteiger partial charge on any atom is -0.455 e. The molecule has 0 aliphatic rings. The third-order valence-electron chi connectivity index (χ3n) is 5.55. The van der Waals surface area contributed by atoms with Crippen molar-refractivity contribution in [1.29, 1.82) is 0 Å². The number of para-hydroxylation sites is 3. The predicted molar refractivity (Wildman–Crippen MR) is 151 cm³/mol. The van der Waals surface area contributed by atoms with Crippen molar-refractivity contribution in [3.05, 3.63) is 108 Å². The second-order valence-electron chi connectivity index (χ2n) is 8.31. The van der Waals surface area contributed by atoms with Crippen LogP contribution in [-0.4, -0.2) is 31.8 Å². The van der Waals surface area contributed by atoms with Gasteiger partial charge in [-0.1, -0.05) is 30.3 Å². The Kier molecular flexibility index (Phi) is 7.53. The van der Waals surface area contributed by atoms with Crippen molar-refractivity contribution < 1.29 is 22.7 Å². The summed E-state index contributed by atoms with van der Waals surface area (Å²) >= 11 is 1.46. The fourth-order valence-corrected chi connectivity index (χ4v) is 5.43. The Hall–Kier alpha value is -4.74. The number of hydrogen-bond donors (Lipinski definition) is 3. The van der Waals surface area contributed by atoms with Crippen LogP contribution in [0, 0.1) is 0 Å². The normalized spacial score (nSPS) is 11.1. The number of sulfonamides is 1. The van der Waals surface area contributed by atoms with Crippen LogP contribution in [0.25, 0.3) is 10.2 Å². The number of aromatic nitrogens is 1. The number of anilines is 2. The smallest absolute Gasteiger partial charge is 0.262 e. The highest BCUT2D eigenvalue weighted by Crippen LogP contribution is 2.31. The average Bonchev–Trinajstić information content (AvgIpc) is 3.41. The van der Waals surface area contributed by atoms with Crippen molar-refractivity contribution in [2.45, 2.75) is 4.90 Å². The minimum atomic E-state index is -3.97. The SMILES string of the molecule is O=C(CNC(=O)c1ccc(S(=O)(=O)Nc2ccccc2Oc2ccccc2)cc1)Nc1ccc2ncsc2c1. The van der Waals surface area contributed by atoms with Gasteiger partial charge in [-0.15, -0.1) is 11.3 Å². The van der Waals surface area contributed by atoms with Crippen LogP contribution in [0.4, 0.5) is 11.4 Å². The first-order valence-electron chi connectivity index (χ1n) is 11.7. The van der Waals surface area contributed by atoms with E-state index >= 15 is 0 Å². The van der Waals surface area contributed by atoms with Gasteiger partial charge in [-0.2, -0.15) is 0 Å². The molecule has 4 aromatic carbocycles. The van der Waals surface area contributed by atoms with Gasteiger partial charge in [0.15, 0.2) is 5.75 Å². The number of thiazole rings is 1. The molecule has 1 heterocycles. The second-order valence-corrected chi connectivity index (χ2v) is 10.9. The number of carbonyl (C=O) groups is 2. The minimum absolute atomic E-state index is 0.0373. The van der Waals surface area contributed by atoms with Gasteiger partial charge >= 0.3 is 0 Å². The zero-order valence-corrected chi connectivity index (χ0v) is 22.0. The molecule has 0 unspecified atom stereocenters. The molecule has 0 radical (unpaired) electrons. The molecule has 3 N–H and O–H groups in total. The van der Waals surface area contributed by atoms with Gasteiger partial charge in [0.25, 0.3) is 15.9 Å². The monoisotopic (exact) mass is 558 g/mol. The summed E-state index contributed by atoms with van der Waals surface area (Å²) in [6.45, 7) is -0.251. The van der Waals surface area contributed by atoms with Crippen molar-refractivity contribution in [3.8, 4) is 11.5 Å². The van der Waals surface area contributed by atoms with E-state index in [0.29, 0.717) is 17.2 Å². The van der Waals surface area contributed by atoms with Crippen molar-refractivity contribution in [2.24, 2.45) is 0 Å². The van der Waals surface area contributed by atoms with E-state index in [1.165, 1.54) is 35.6 Å². The van der Waals surface area contributed by atoms with Crippen LogP contribution in [0.1, 0.15) is 10.4 Å². The van der Waals surface area contributed by atoms with Crippen molar-refractivity contribution in [1.82, 2.24) is 10.3 Å². The summed E-state index contributed by atoms with van der Waals surface area (Å²) in [5.74, 6) is -0.00354. The fourth-order valence-electron chi connectivity index (χ4n) is 3.65. The van der Waals surface area contributed by atoms with Gasteiger partial charge in [-0.25, -0.2) is 13.4 Å². The van der Waals surface area contributed by atoms with E-state index in [1.807, 2.05) is 24.3 Å². The summed E-state index contributed by atoms with van der Waals surface area (Å²) in [4.78, 5) is 29.0. The number of hydrogen-bond acceptors (Lipinski definition) is 7. The zero-order chi connectivity index (χ0) is 27.2. The Labute approximate surface area is 228 Å². The molecule has 0 spiro atoms. The summed E-state index contributed by atoms with van der Waals surface area (Å²) in [6.07, 6.45) is 0. The molecule has 5 aromatic rings. The molecule has 0 bridgehead atoms. The fraction of sp³-hybridized carbons (Fsp3) is 0.0357. The van der Waals surface area contributed by atoms with Crippen molar-refractivity contribution >= 4 is 54.8 Å². The third-order valence-corrected chi connectivity index (χ3v) is 7.73. The standard InChI is InChI=1S/C28H22N4O5S2/c33-27(31-20-12-15-24-26(16-20)38-18-30-24)17-29-28(34)19-10-13-22(14-11-19)39(35,36)32-23-8-4-5-9-25(23)37-21-6-2-1-3-7-21/h1-16,18,32H,17H2,(H,29,34)(H,31,33).